The van der Waals surface area contributed by atoms with E-state index in [2.05, 4.69) is 24.8 Å². The van der Waals surface area contributed by atoms with Crippen molar-refractivity contribution in [2.75, 3.05) is 5.32 Å². The van der Waals surface area contributed by atoms with Crippen LogP contribution < -0.4 is 10.9 Å². The van der Waals surface area contributed by atoms with E-state index in [1.165, 1.54) is 28.0 Å². The molecule has 41 heavy (non-hydrogen) atoms. The van der Waals surface area contributed by atoms with E-state index in [4.69, 9.17) is 11.6 Å². The molecule has 0 unspecified atom stereocenters. The smallest absolute Gasteiger partial charge is 0.299 e. The lowest BCUT2D eigenvalue weighted by molar-refractivity contribution is 0.0943. The van der Waals surface area contributed by atoms with Crippen LogP contribution in [0.2, 0.25) is 4.34 Å². The summed E-state index contributed by atoms with van der Waals surface area (Å²) in [6.07, 6.45) is 6.32. The molecule has 0 saturated heterocycles. The van der Waals surface area contributed by atoms with Crippen LogP contribution in [0.1, 0.15) is 21.1 Å². The maximum absolute atomic E-state index is 16.3. The highest BCUT2D eigenvalue weighted by Crippen LogP contribution is 2.35. The molecular formula is C28H19ClFN7O2S2. The number of benzene rings is 1. The van der Waals surface area contributed by atoms with Crippen LogP contribution in [0, 0.1) is 5.82 Å². The third-order valence-corrected chi connectivity index (χ3v) is 7.94. The number of halogens is 2. The van der Waals surface area contributed by atoms with Crippen molar-refractivity contribution in [3.63, 3.8) is 0 Å². The van der Waals surface area contributed by atoms with Gasteiger partial charge in [-0.1, -0.05) is 41.9 Å². The van der Waals surface area contributed by atoms with Gasteiger partial charge >= 0.3 is 0 Å². The van der Waals surface area contributed by atoms with Gasteiger partial charge in [0.2, 0.25) is 0 Å². The molecule has 0 bridgehead atoms. The summed E-state index contributed by atoms with van der Waals surface area (Å²) in [7, 11) is 0. The summed E-state index contributed by atoms with van der Waals surface area (Å²) >= 11 is 8.49. The molecule has 0 aliphatic carbocycles. The second-order valence-corrected chi connectivity index (χ2v) is 11.3. The Morgan fingerprint density at radius 3 is 2.63 bits per heavy atom. The number of carbonyl (C=O) groups is 1. The zero-order valence-corrected chi connectivity index (χ0v) is 23.5. The van der Waals surface area contributed by atoms with E-state index in [1.807, 2.05) is 36.4 Å². The Morgan fingerprint density at radius 2 is 1.93 bits per heavy atom. The Balaban J connectivity index is 1.49. The van der Waals surface area contributed by atoms with E-state index in [-0.39, 0.29) is 35.9 Å². The fourth-order valence-electron chi connectivity index (χ4n) is 4.25. The SMILES string of the molecule is O=C(c1ccsn1)n1nc(-c2cc(=O)n(Cc3cnccn3)cc2-c2ccccc2)c(F)c1NCc1ccc(Cl)s1. The Bertz CT molecular complexity index is 1890. The molecule has 0 amide bonds. The molecule has 0 atom stereocenters. The molecule has 9 nitrogen and oxygen atoms in total. The van der Waals surface area contributed by atoms with Gasteiger partial charge in [0.25, 0.3) is 11.5 Å². The zero-order valence-electron chi connectivity index (χ0n) is 21.1. The predicted octanol–water partition coefficient (Wildman–Crippen LogP) is 5.83. The predicted molar refractivity (Wildman–Crippen MR) is 157 cm³/mol. The summed E-state index contributed by atoms with van der Waals surface area (Å²) < 4.78 is 23.4. The molecule has 5 heterocycles. The maximum atomic E-state index is 16.3. The molecule has 0 aliphatic heterocycles. The van der Waals surface area contributed by atoms with E-state index < -0.39 is 17.3 Å². The van der Waals surface area contributed by atoms with Gasteiger partial charge in [0, 0.05) is 46.0 Å². The first-order valence-corrected chi connectivity index (χ1v) is 14.3. The standard InChI is InChI=1S/C28H19ClFN7O2S2/c29-23-7-6-19(41-23)14-33-27-25(30)26(34-37(27)28(39)22-8-11-40-35-22)20-12-24(38)36(15-18-13-31-9-10-32-18)16-21(20)17-4-2-1-3-5-17/h1-13,16,33H,14-15H2. The fraction of sp³-hybridized carbons (Fsp3) is 0.0714. The van der Waals surface area contributed by atoms with Crippen molar-refractivity contribution < 1.29 is 9.18 Å². The summed E-state index contributed by atoms with van der Waals surface area (Å²) in [4.78, 5) is 35.8. The van der Waals surface area contributed by atoms with E-state index in [1.54, 1.807) is 36.2 Å². The van der Waals surface area contributed by atoms with Gasteiger partial charge in [-0.2, -0.15) is 14.2 Å². The van der Waals surface area contributed by atoms with Crippen LogP contribution in [0.3, 0.4) is 0 Å². The minimum absolute atomic E-state index is 0.119. The Labute approximate surface area is 245 Å². The van der Waals surface area contributed by atoms with Crippen molar-refractivity contribution in [1.82, 2.24) is 28.7 Å². The minimum atomic E-state index is -0.778. The lowest BCUT2D eigenvalue weighted by atomic mass is 9.99. The molecule has 1 N–H and O–H groups in total. The number of aromatic nitrogens is 6. The maximum Gasteiger partial charge on any atom is 0.299 e. The second-order valence-electron chi connectivity index (χ2n) is 8.80. The highest BCUT2D eigenvalue weighted by Gasteiger charge is 2.27. The highest BCUT2D eigenvalue weighted by atomic mass is 35.5. The van der Waals surface area contributed by atoms with Crippen LogP contribution in [0.5, 0.6) is 0 Å². The van der Waals surface area contributed by atoms with Gasteiger partial charge in [0.1, 0.15) is 11.4 Å². The molecule has 13 heteroatoms. The summed E-state index contributed by atoms with van der Waals surface area (Å²) in [5.74, 6) is -1.54. The van der Waals surface area contributed by atoms with Crippen LogP contribution >= 0.6 is 34.5 Å². The molecule has 6 rings (SSSR count). The average molecular weight is 604 g/mol. The topological polar surface area (TPSA) is 108 Å². The number of pyridine rings is 1. The Kier molecular flexibility index (Phi) is 7.51. The van der Waals surface area contributed by atoms with Crippen molar-refractivity contribution in [2.24, 2.45) is 0 Å². The number of nitrogens with one attached hydrogen (secondary N) is 1. The first-order chi connectivity index (χ1) is 20.0. The third kappa shape index (κ3) is 5.57. The summed E-state index contributed by atoms with van der Waals surface area (Å²) in [6, 6.07) is 15.7. The van der Waals surface area contributed by atoms with Gasteiger partial charge in [-0.25, -0.2) is 4.39 Å². The summed E-state index contributed by atoms with van der Waals surface area (Å²) in [5, 5.41) is 9.04. The minimum Gasteiger partial charge on any atom is -0.363 e. The Morgan fingerprint density at radius 1 is 1.07 bits per heavy atom. The Hall–Kier alpha value is -4.52. The van der Waals surface area contributed by atoms with Gasteiger partial charge in [0.05, 0.1) is 29.3 Å². The first kappa shape index (κ1) is 26.7. The lowest BCUT2D eigenvalue weighted by Gasteiger charge is -2.12. The fourth-order valence-corrected chi connectivity index (χ4v) is 5.78. The van der Waals surface area contributed by atoms with Gasteiger partial charge in [0.15, 0.2) is 11.6 Å². The van der Waals surface area contributed by atoms with Gasteiger partial charge in [-0.05, 0) is 35.3 Å². The number of nitrogens with zero attached hydrogens (tertiary/aromatic N) is 6. The molecule has 1 aromatic carbocycles. The normalized spacial score (nSPS) is 11.1. The number of hydrogen-bond donors (Lipinski definition) is 1. The molecule has 0 saturated carbocycles. The van der Waals surface area contributed by atoms with Crippen molar-refractivity contribution in [3.05, 3.63) is 122 Å². The van der Waals surface area contributed by atoms with E-state index in [0.29, 0.717) is 15.6 Å². The van der Waals surface area contributed by atoms with Crippen LogP contribution in [0.4, 0.5) is 10.2 Å². The molecule has 0 fully saturated rings. The highest BCUT2D eigenvalue weighted by molar-refractivity contribution is 7.16. The first-order valence-electron chi connectivity index (χ1n) is 12.2. The summed E-state index contributed by atoms with van der Waals surface area (Å²) in [5.41, 5.74) is 1.69. The quantitative estimate of drug-likeness (QED) is 0.233. The van der Waals surface area contributed by atoms with Crippen LogP contribution in [-0.4, -0.2) is 34.6 Å². The van der Waals surface area contributed by atoms with Crippen LogP contribution in [0.15, 0.2) is 89.6 Å². The lowest BCUT2D eigenvalue weighted by Crippen LogP contribution is -2.21. The second kappa shape index (κ2) is 11.5. The van der Waals surface area contributed by atoms with E-state index in [9.17, 15) is 9.59 Å². The molecule has 6 aromatic rings. The number of anilines is 1. The number of hydrogen-bond acceptors (Lipinski definition) is 9. The number of rotatable bonds is 8. The van der Waals surface area contributed by atoms with E-state index >= 15 is 4.39 Å². The van der Waals surface area contributed by atoms with E-state index in [0.717, 1.165) is 26.7 Å². The number of thiophene rings is 1. The largest absolute Gasteiger partial charge is 0.363 e. The molecule has 5 aromatic heterocycles. The monoisotopic (exact) mass is 603 g/mol. The summed E-state index contributed by atoms with van der Waals surface area (Å²) in [6.45, 7) is 0.372. The average Bonchev–Trinajstić information content (AvgIpc) is 3.75. The molecule has 204 valence electrons. The van der Waals surface area contributed by atoms with Crippen LogP contribution in [-0.2, 0) is 13.1 Å². The molecule has 0 aliphatic rings. The van der Waals surface area contributed by atoms with Gasteiger partial charge < -0.3 is 9.88 Å². The molecular weight excluding hydrogens is 585 g/mol. The van der Waals surface area contributed by atoms with Crippen molar-refractivity contribution in [1.29, 1.82) is 0 Å². The van der Waals surface area contributed by atoms with Crippen molar-refractivity contribution >= 4 is 46.2 Å². The third-order valence-electron chi connectivity index (χ3n) is 6.15. The molecule has 0 radical (unpaired) electrons. The molecule has 0 spiro atoms. The number of carbonyl (C=O) groups excluding carboxylic acids is 1. The van der Waals surface area contributed by atoms with Crippen molar-refractivity contribution in [3.8, 4) is 22.4 Å². The van der Waals surface area contributed by atoms with Crippen molar-refractivity contribution in [2.45, 2.75) is 13.1 Å². The zero-order chi connectivity index (χ0) is 28.3. The van der Waals surface area contributed by atoms with Gasteiger partial charge in [-0.3, -0.25) is 19.6 Å². The van der Waals surface area contributed by atoms with Crippen LogP contribution in [0.25, 0.3) is 22.4 Å². The van der Waals surface area contributed by atoms with Gasteiger partial charge in [-0.15, -0.1) is 11.3 Å².